The highest BCUT2D eigenvalue weighted by atomic mass is 127. The molecule has 0 radical (unpaired) electrons. The Hall–Kier alpha value is -2.21. The van der Waals surface area contributed by atoms with Gasteiger partial charge in [0.05, 0.1) is 16.0 Å². The van der Waals surface area contributed by atoms with Crippen molar-refractivity contribution in [1.29, 1.82) is 0 Å². The molecule has 0 atom stereocenters. The van der Waals surface area contributed by atoms with Gasteiger partial charge in [-0.25, -0.2) is 4.83 Å². The first-order valence-electron chi connectivity index (χ1n) is 6.49. The molecule has 2 N–H and O–H groups in total. The molecule has 0 unspecified atom stereocenters. The van der Waals surface area contributed by atoms with Gasteiger partial charge < -0.3 is 5.11 Å². The number of aryl methyl sites for hydroxylation is 1. The van der Waals surface area contributed by atoms with E-state index in [4.69, 9.17) is 0 Å². The molecule has 8 nitrogen and oxygen atoms in total. The first kappa shape index (κ1) is 18.1. The number of sulfonamides is 1. The lowest BCUT2D eigenvalue weighted by molar-refractivity contribution is -0.386. The second-order valence-electron chi connectivity index (χ2n) is 4.79. The summed E-state index contributed by atoms with van der Waals surface area (Å²) in [5.41, 5.74) is 0.457. The Labute approximate surface area is 151 Å². The molecule has 2 aromatic carbocycles. The van der Waals surface area contributed by atoms with Crippen molar-refractivity contribution >= 4 is 44.5 Å². The first-order chi connectivity index (χ1) is 11.2. The van der Waals surface area contributed by atoms with Gasteiger partial charge in [0.1, 0.15) is 0 Å². The summed E-state index contributed by atoms with van der Waals surface area (Å²) >= 11 is 1.85. The summed E-state index contributed by atoms with van der Waals surface area (Å²) in [5, 5.41) is 24.3. The monoisotopic (exact) mass is 461 g/mol. The van der Waals surface area contributed by atoms with Crippen molar-refractivity contribution in [3.63, 3.8) is 0 Å². The number of hydrogen-bond acceptors (Lipinski definition) is 6. The summed E-state index contributed by atoms with van der Waals surface area (Å²) < 4.78 is 24.6. The van der Waals surface area contributed by atoms with Crippen LogP contribution in [0.15, 0.2) is 46.4 Å². The number of phenols is 1. The highest BCUT2D eigenvalue weighted by Gasteiger charge is 2.18. The van der Waals surface area contributed by atoms with Crippen LogP contribution < -0.4 is 4.83 Å². The third kappa shape index (κ3) is 4.20. The summed E-state index contributed by atoms with van der Waals surface area (Å²) in [5.74, 6) is -0.585. The quantitative estimate of drug-likeness (QED) is 0.307. The zero-order chi connectivity index (χ0) is 17.9. The maximum Gasteiger partial charge on any atom is 0.312 e. The van der Waals surface area contributed by atoms with Crippen LogP contribution in [0.5, 0.6) is 5.75 Å². The largest absolute Gasteiger partial charge is 0.502 e. The highest BCUT2D eigenvalue weighted by molar-refractivity contribution is 14.1. The summed E-state index contributed by atoms with van der Waals surface area (Å²) in [6, 6.07) is 8.79. The summed E-state index contributed by atoms with van der Waals surface area (Å²) in [6.07, 6.45) is 1.01. The number of halogens is 1. The van der Waals surface area contributed by atoms with Crippen molar-refractivity contribution in [2.24, 2.45) is 5.10 Å². The molecule has 2 rings (SSSR count). The van der Waals surface area contributed by atoms with Crippen molar-refractivity contribution < 1.29 is 18.4 Å². The summed E-state index contributed by atoms with van der Waals surface area (Å²) in [6.45, 7) is 1.83. The van der Waals surface area contributed by atoms with Crippen molar-refractivity contribution in [1.82, 2.24) is 4.83 Å². The topological polar surface area (TPSA) is 122 Å². The molecule has 0 bridgehead atoms. The fraction of sp³-hybridized carbons (Fsp3) is 0.0714. The van der Waals surface area contributed by atoms with Crippen molar-refractivity contribution in [3.8, 4) is 5.75 Å². The van der Waals surface area contributed by atoms with Crippen LogP contribution in [0.1, 0.15) is 11.1 Å². The summed E-state index contributed by atoms with van der Waals surface area (Å²) in [4.78, 5) is 12.2. The third-order valence-corrected chi connectivity index (χ3v) is 4.85. The lowest BCUT2D eigenvalue weighted by atomic mass is 10.2. The van der Waals surface area contributed by atoms with Gasteiger partial charge in [-0.15, -0.1) is 0 Å². The second-order valence-corrected chi connectivity index (χ2v) is 7.69. The minimum absolute atomic E-state index is 0.0280. The number of rotatable bonds is 5. The standard InChI is InChI=1S/C14H12IN3O5S/c1-9-2-4-12(5-3-9)24(22,23)17-16-8-10-6-11(15)7-13(14(10)19)18(20)21/h2-8,17,19H,1H3/b16-8+. The van der Waals surface area contributed by atoms with Crippen LogP contribution in [0, 0.1) is 20.6 Å². The highest BCUT2D eigenvalue weighted by Crippen LogP contribution is 2.30. The van der Waals surface area contributed by atoms with Gasteiger partial charge >= 0.3 is 5.69 Å². The van der Waals surface area contributed by atoms with E-state index < -0.39 is 26.4 Å². The molecular weight excluding hydrogens is 449 g/mol. The smallest absolute Gasteiger partial charge is 0.312 e. The van der Waals surface area contributed by atoms with E-state index in [2.05, 4.69) is 5.10 Å². The second kappa shape index (κ2) is 7.13. The van der Waals surface area contributed by atoms with Crippen LogP contribution in [0.3, 0.4) is 0 Å². The van der Waals surface area contributed by atoms with E-state index in [1.165, 1.54) is 24.3 Å². The van der Waals surface area contributed by atoms with E-state index in [-0.39, 0.29) is 10.5 Å². The molecule has 0 aliphatic rings. The van der Waals surface area contributed by atoms with Crippen LogP contribution >= 0.6 is 22.6 Å². The number of hydrogen-bond donors (Lipinski definition) is 2. The SMILES string of the molecule is Cc1ccc(S(=O)(=O)N/N=C/c2cc(I)cc([N+](=O)[O-])c2O)cc1. The normalized spacial score (nSPS) is 11.6. The minimum atomic E-state index is -3.86. The van der Waals surface area contributed by atoms with Gasteiger partial charge in [0.25, 0.3) is 10.0 Å². The molecule has 10 heteroatoms. The third-order valence-electron chi connectivity index (χ3n) is 2.99. The number of aromatic hydroxyl groups is 1. The minimum Gasteiger partial charge on any atom is -0.502 e. The van der Waals surface area contributed by atoms with Crippen LogP contribution in [0.25, 0.3) is 0 Å². The van der Waals surface area contributed by atoms with Gasteiger partial charge in [-0.3, -0.25) is 10.1 Å². The molecule has 0 aliphatic heterocycles. The van der Waals surface area contributed by atoms with Crippen molar-refractivity contribution in [2.45, 2.75) is 11.8 Å². The first-order valence-corrected chi connectivity index (χ1v) is 9.05. The van der Waals surface area contributed by atoms with E-state index in [9.17, 15) is 23.6 Å². The fourth-order valence-electron chi connectivity index (χ4n) is 1.78. The van der Waals surface area contributed by atoms with E-state index in [0.29, 0.717) is 3.57 Å². The number of benzene rings is 2. The predicted octanol–water partition coefficient (Wildman–Crippen LogP) is 2.53. The maximum atomic E-state index is 12.1. The van der Waals surface area contributed by atoms with Crippen LogP contribution in [0.4, 0.5) is 5.69 Å². The molecule has 0 aromatic heterocycles. The molecule has 0 fully saturated rings. The van der Waals surface area contributed by atoms with Gasteiger partial charge in [-0.1, -0.05) is 17.7 Å². The Morgan fingerprint density at radius 3 is 2.50 bits per heavy atom. The number of nitrogens with zero attached hydrogens (tertiary/aromatic N) is 2. The lowest BCUT2D eigenvalue weighted by Gasteiger charge is -2.04. The number of nitro benzene ring substituents is 1. The molecule has 0 saturated carbocycles. The number of nitrogens with one attached hydrogen (secondary N) is 1. The molecule has 0 aliphatic carbocycles. The zero-order valence-corrected chi connectivity index (χ0v) is 15.3. The summed E-state index contributed by atoms with van der Waals surface area (Å²) in [7, 11) is -3.86. The van der Waals surface area contributed by atoms with Crippen molar-refractivity contribution in [3.05, 3.63) is 61.2 Å². The molecular formula is C14H12IN3O5S. The Morgan fingerprint density at radius 1 is 1.29 bits per heavy atom. The van der Waals surface area contributed by atoms with E-state index >= 15 is 0 Å². The van der Waals surface area contributed by atoms with E-state index in [1.807, 2.05) is 34.3 Å². The zero-order valence-electron chi connectivity index (χ0n) is 12.3. The molecule has 0 heterocycles. The molecule has 2 aromatic rings. The van der Waals surface area contributed by atoms with Gasteiger partial charge in [0, 0.05) is 15.2 Å². The average molecular weight is 461 g/mol. The Morgan fingerprint density at radius 2 is 1.92 bits per heavy atom. The van der Waals surface area contributed by atoms with Gasteiger partial charge in [-0.05, 0) is 47.7 Å². The van der Waals surface area contributed by atoms with Gasteiger partial charge in [0.15, 0.2) is 0 Å². The molecule has 0 spiro atoms. The number of nitro groups is 1. The van der Waals surface area contributed by atoms with Crippen molar-refractivity contribution in [2.75, 3.05) is 0 Å². The fourth-order valence-corrected chi connectivity index (χ4v) is 3.20. The Kier molecular flexibility index (Phi) is 5.39. The lowest BCUT2D eigenvalue weighted by Crippen LogP contribution is -2.18. The number of hydrazone groups is 1. The van der Waals surface area contributed by atoms with E-state index in [0.717, 1.165) is 11.8 Å². The van der Waals surface area contributed by atoms with Crippen LogP contribution in [-0.2, 0) is 10.0 Å². The molecule has 0 saturated heterocycles. The van der Waals surface area contributed by atoms with E-state index in [1.54, 1.807) is 12.1 Å². The predicted molar refractivity (Wildman–Crippen MR) is 96.6 cm³/mol. The Bertz CT molecular complexity index is 911. The molecule has 24 heavy (non-hydrogen) atoms. The molecule has 126 valence electrons. The van der Waals surface area contributed by atoms with Gasteiger partial charge in [-0.2, -0.15) is 13.5 Å². The molecule has 0 amide bonds. The van der Waals surface area contributed by atoms with Crippen LogP contribution in [-0.4, -0.2) is 24.7 Å². The average Bonchev–Trinajstić information content (AvgIpc) is 2.50. The Balaban J connectivity index is 2.26. The van der Waals surface area contributed by atoms with Crippen LogP contribution in [0.2, 0.25) is 0 Å². The van der Waals surface area contributed by atoms with Gasteiger partial charge in [0.2, 0.25) is 5.75 Å². The number of phenolic OH excluding ortho intramolecular Hbond substituents is 1. The maximum absolute atomic E-state index is 12.1.